The van der Waals surface area contributed by atoms with Crippen LogP contribution in [0.5, 0.6) is 5.75 Å². The predicted octanol–water partition coefficient (Wildman–Crippen LogP) is 1.89. The second kappa shape index (κ2) is 8.83. The highest BCUT2D eigenvalue weighted by atomic mass is 35.5. The van der Waals surface area contributed by atoms with Crippen LogP contribution in [-0.2, 0) is 25.5 Å². The van der Waals surface area contributed by atoms with Crippen molar-refractivity contribution in [3.8, 4) is 5.75 Å². The van der Waals surface area contributed by atoms with E-state index in [1.54, 1.807) is 33.8 Å². The summed E-state index contributed by atoms with van der Waals surface area (Å²) in [5.74, 6) is -2.13. The maximum Gasteiger partial charge on any atom is 0.547 e. The summed E-state index contributed by atoms with van der Waals surface area (Å²) >= 11 is 6.09. The first-order valence-electron chi connectivity index (χ1n) is 8.83. The van der Waals surface area contributed by atoms with Gasteiger partial charge >= 0.3 is 19.1 Å². The van der Waals surface area contributed by atoms with Gasteiger partial charge in [0.15, 0.2) is 0 Å². The Bertz CT molecular complexity index is 778. The Morgan fingerprint density at radius 3 is 2.61 bits per heavy atom. The van der Waals surface area contributed by atoms with Gasteiger partial charge in [-0.3, -0.25) is 9.59 Å². The summed E-state index contributed by atoms with van der Waals surface area (Å²) in [7, 11) is -1.34. The fraction of sp³-hybridized carbons (Fsp3) is 0.500. The molecule has 0 saturated carbocycles. The van der Waals surface area contributed by atoms with E-state index in [0.717, 1.165) is 0 Å². The van der Waals surface area contributed by atoms with E-state index in [4.69, 9.17) is 25.7 Å². The van der Waals surface area contributed by atoms with Crippen LogP contribution in [0.3, 0.4) is 0 Å². The molecule has 1 atom stereocenters. The standard InChI is InChI=1S/C18H23BClNO7/c1-5-14(22)21-13-7-10-6-11(20)8-12(15(10)28-19(13)25)16(23)26-9-27-17(24)18(2,3)4/h6,8,13,25H,5,7,9H2,1-4H3,(H,21,22)/t13-/m0/s1. The molecular weight excluding hydrogens is 388 g/mol. The number of benzene rings is 1. The summed E-state index contributed by atoms with van der Waals surface area (Å²) < 4.78 is 15.4. The lowest BCUT2D eigenvalue weighted by atomic mass is 9.72. The largest absolute Gasteiger partial charge is 0.547 e. The Kier molecular flexibility index (Phi) is 6.95. The lowest BCUT2D eigenvalue weighted by Gasteiger charge is -2.29. The summed E-state index contributed by atoms with van der Waals surface area (Å²) in [6.07, 6.45) is 0.485. The van der Waals surface area contributed by atoms with Gasteiger partial charge in [-0.1, -0.05) is 18.5 Å². The van der Waals surface area contributed by atoms with Crippen molar-refractivity contribution >= 4 is 36.6 Å². The highest BCUT2D eigenvalue weighted by Crippen LogP contribution is 2.33. The number of fused-ring (bicyclic) bond motifs is 1. The van der Waals surface area contributed by atoms with Crippen molar-refractivity contribution in [2.24, 2.45) is 5.41 Å². The molecule has 1 aromatic carbocycles. The highest BCUT2D eigenvalue weighted by Gasteiger charge is 2.38. The van der Waals surface area contributed by atoms with E-state index in [1.807, 2.05) is 0 Å². The first kappa shape index (κ1) is 22.0. The average molecular weight is 412 g/mol. The molecule has 1 amide bonds. The van der Waals surface area contributed by atoms with Crippen molar-refractivity contribution in [3.63, 3.8) is 0 Å². The fourth-order valence-corrected chi connectivity index (χ4v) is 2.74. The van der Waals surface area contributed by atoms with E-state index in [1.165, 1.54) is 6.07 Å². The van der Waals surface area contributed by atoms with Crippen LogP contribution in [0.4, 0.5) is 0 Å². The summed E-state index contributed by atoms with van der Waals surface area (Å²) in [6.45, 7) is 6.15. The number of ether oxygens (including phenoxy) is 2. The van der Waals surface area contributed by atoms with Gasteiger partial charge in [0.25, 0.3) is 0 Å². The number of amides is 1. The van der Waals surface area contributed by atoms with Crippen molar-refractivity contribution in [2.45, 2.75) is 46.5 Å². The Morgan fingerprint density at radius 2 is 2.00 bits per heavy atom. The number of halogens is 1. The second-order valence-electron chi connectivity index (χ2n) is 7.41. The van der Waals surface area contributed by atoms with Crippen LogP contribution in [0.25, 0.3) is 0 Å². The van der Waals surface area contributed by atoms with Gasteiger partial charge in [0.05, 0.1) is 11.4 Å². The number of carbonyl (C=O) groups excluding carboxylic acids is 3. The minimum absolute atomic E-state index is 0.00590. The minimum Gasteiger partial charge on any atom is -0.534 e. The quantitative estimate of drug-likeness (QED) is 0.432. The van der Waals surface area contributed by atoms with Crippen LogP contribution < -0.4 is 9.97 Å². The van der Waals surface area contributed by atoms with Crippen LogP contribution in [0.1, 0.15) is 50.0 Å². The maximum absolute atomic E-state index is 12.4. The summed E-state index contributed by atoms with van der Waals surface area (Å²) in [4.78, 5) is 35.7. The Labute approximate surface area is 168 Å². The minimum atomic E-state index is -1.34. The third kappa shape index (κ3) is 5.39. The van der Waals surface area contributed by atoms with E-state index in [0.29, 0.717) is 5.56 Å². The molecule has 0 aliphatic carbocycles. The fourth-order valence-electron chi connectivity index (χ4n) is 2.50. The molecule has 152 valence electrons. The number of esters is 2. The molecular formula is C18H23BClNO7. The molecule has 28 heavy (non-hydrogen) atoms. The average Bonchev–Trinajstić information content (AvgIpc) is 2.60. The molecule has 0 saturated heterocycles. The number of hydrogen-bond acceptors (Lipinski definition) is 7. The Morgan fingerprint density at radius 1 is 1.32 bits per heavy atom. The SMILES string of the molecule is CCC(=O)N[C@H]1Cc2cc(Cl)cc(C(=O)OCOC(=O)C(C)(C)C)c2OB1O. The Balaban J connectivity index is 2.14. The summed E-state index contributed by atoms with van der Waals surface area (Å²) in [5, 5.41) is 13.1. The molecule has 1 aliphatic rings. The van der Waals surface area contributed by atoms with Gasteiger partial charge in [0.2, 0.25) is 12.7 Å². The number of rotatable bonds is 5. The molecule has 0 unspecified atom stereocenters. The molecule has 0 aromatic heterocycles. The normalized spacial score (nSPS) is 15.9. The number of carbonyl (C=O) groups is 3. The Hall–Kier alpha value is -2.26. The van der Waals surface area contributed by atoms with Crippen molar-refractivity contribution in [3.05, 3.63) is 28.3 Å². The molecule has 0 spiro atoms. The lowest BCUT2D eigenvalue weighted by molar-refractivity contribution is -0.161. The zero-order valence-corrected chi connectivity index (χ0v) is 17.0. The lowest BCUT2D eigenvalue weighted by Crippen LogP contribution is -2.53. The van der Waals surface area contributed by atoms with E-state index >= 15 is 0 Å². The third-order valence-electron chi connectivity index (χ3n) is 4.03. The summed E-state index contributed by atoms with van der Waals surface area (Å²) in [5.41, 5.74) is -0.196. The van der Waals surface area contributed by atoms with Crippen LogP contribution in [0.15, 0.2) is 12.1 Å². The molecule has 0 bridgehead atoms. The van der Waals surface area contributed by atoms with Gasteiger partial charge in [0, 0.05) is 11.4 Å². The molecule has 10 heteroatoms. The van der Waals surface area contributed by atoms with E-state index in [9.17, 15) is 19.4 Å². The molecule has 8 nitrogen and oxygen atoms in total. The zero-order chi connectivity index (χ0) is 21.1. The van der Waals surface area contributed by atoms with Gasteiger partial charge < -0.3 is 24.5 Å². The van der Waals surface area contributed by atoms with E-state index in [-0.39, 0.29) is 35.1 Å². The van der Waals surface area contributed by atoms with E-state index in [2.05, 4.69) is 5.32 Å². The van der Waals surface area contributed by atoms with Gasteiger partial charge in [-0.05, 0) is 44.9 Å². The number of nitrogens with one attached hydrogen (secondary N) is 1. The van der Waals surface area contributed by atoms with Crippen molar-refractivity contribution in [1.82, 2.24) is 5.32 Å². The maximum atomic E-state index is 12.4. The van der Waals surface area contributed by atoms with Gasteiger partial charge in [-0.25, -0.2) is 4.79 Å². The number of hydrogen-bond donors (Lipinski definition) is 2. The van der Waals surface area contributed by atoms with Crippen LogP contribution >= 0.6 is 11.6 Å². The molecule has 1 aromatic rings. The third-order valence-corrected chi connectivity index (χ3v) is 4.25. The topological polar surface area (TPSA) is 111 Å². The predicted molar refractivity (Wildman–Crippen MR) is 102 cm³/mol. The first-order valence-corrected chi connectivity index (χ1v) is 9.21. The van der Waals surface area contributed by atoms with E-state index < -0.39 is 37.2 Å². The molecule has 0 radical (unpaired) electrons. The molecule has 1 heterocycles. The monoisotopic (exact) mass is 411 g/mol. The van der Waals surface area contributed by atoms with Crippen molar-refractivity contribution in [2.75, 3.05) is 6.79 Å². The van der Waals surface area contributed by atoms with Crippen LogP contribution in [0, 0.1) is 5.41 Å². The molecule has 2 N–H and O–H groups in total. The van der Waals surface area contributed by atoms with Gasteiger partial charge in [0.1, 0.15) is 11.3 Å². The first-order chi connectivity index (χ1) is 13.0. The molecule has 2 rings (SSSR count). The van der Waals surface area contributed by atoms with Gasteiger partial charge in [-0.2, -0.15) is 0 Å². The molecule has 1 aliphatic heterocycles. The second-order valence-corrected chi connectivity index (χ2v) is 7.85. The van der Waals surface area contributed by atoms with Crippen molar-refractivity contribution in [1.29, 1.82) is 0 Å². The molecule has 0 fully saturated rings. The van der Waals surface area contributed by atoms with Crippen molar-refractivity contribution < 1.29 is 33.5 Å². The summed E-state index contributed by atoms with van der Waals surface area (Å²) in [6, 6.07) is 2.93. The zero-order valence-electron chi connectivity index (χ0n) is 16.2. The van der Waals surface area contributed by atoms with Crippen LogP contribution in [-0.4, -0.2) is 42.7 Å². The smallest absolute Gasteiger partial charge is 0.534 e. The van der Waals surface area contributed by atoms with Crippen LogP contribution in [0.2, 0.25) is 5.02 Å². The van der Waals surface area contributed by atoms with Gasteiger partial charge in [-0.15, -0.1) is 0 Å². The highest BCUT2D eigenvalue weighted by molar-refractivity contribution is 6.47.